The van der Waals surface area contributed by atoms with Gasteiger partial charge >= 0.3 is 0 Å². The molecule has 85 heavy (non-hydrogen) atoms. The molecule has 0 radical (unpaired) electrons. The number of benzene rings is 6. The Morgan fingerprint density at radius 1 is 0.529 bits per heavy atom. The molecule has 2 amide bonds. The highest BCUT2D eigenvalue weighted by molar-refractivity contribution is 8.14. The van der Waals surface area contributed by atoms with E-state index >= 15 is 0 Å². The minimum absolute atomic E-state index is 0.0169. The summed E-state index contributed by atoms with van der Waals surface area (Å²) in [5.41, 5.74) is 11.9. The number of hydrogen-bond donors (Lipinski definition) is 7. The third-order valence-corrected chi connectivity index (χ3v) is 18.9. The first-order valence-electron chi connectivity index (χ1n) is 25.5. The van der Waals surface area contributed by atoms with Crippen molar-refractivity contribution in [2.45, 2.75) is 47.8 Å². The molecule has 6 heterocycles. The van der Waals surface area contributed by atoms with Crippen LogP contribution in [0, 0.1) is 19.7 Å². The molecule has 430 valence electrons. The molecule has 8 N–H and O–H groups in total. The minimum Gasteiger partial charge on any atom is -0.399 e. The molecule has 0 bridgehead atoms. The zero-order valence-corrected chi connectivity index (χ0v) is 48.0. The molecule has 0 saturated heterocycles. The van der Waals surface area contributed by atoms with Crippen LogP contribution in [-0.4, -0.2) is 71.7 Å². The van der Waals surface area contributed by atoms with E-state index < -0.39 is 29.1 Å². The fourth-order valence-corrected chi connectivity index (χ4v) is 14.6. The number of rotatable bonds is 7. The third-order valence-electron chi connectivity index (χ3n) is 13.8. The van der Waals surface area contributed by atoms with Gasteiger partial charge in [0, 0.05) is 129 Å². The van der Waals surface area contributed by atoms with Crippen LogP contribution < -0.4 is 47.0 Å². The van der Waals surface area contributed by atoms with Crippen LogP contribution in [0.3, 0.4) is 0 Å². The number of carbonyl (C=O) groups excluding carboxylic acids is 2. The van der Waals surface area contributed by atoms with E-state index in [4.69, 9.17) is 36.1 Å². The summed E-state index contributed by atoms with van der Waals surface area (Å²) in [4.78, 5) is 75.7. The molecule has 27 heteroatoms. The number of nitrogens with two attached hydrogens (primary N) is 1. The number of amides is 2. The lowest BCUT2D eigenvalue weighted by molar-refractivity contribution is -0.115. The van der Waals surface area contributed by atoms with Gasteiger partial charge in [-0.25, -0.2) is 39.8 Å². The second-order valence-corrected chi connectivity index (χ2v) is 25.3. The van der Waals surface area contributed by atoms with Gasteiger partial charge in [-0.2, -0.15) is 0 Å². The van der Waals surface area contributed by atoms with Crippen LogP contribution in [0.2, 0.25) is 0 Å². The summed E-state index contributed by atoms with van der Waals surface area (Å²) in [6.45, 7) is 25.6. The Kier molecular flexibility index (Phi) is 16.7. The van der Waals surface area contributed by atoms with Crippen molar-refractivity contribution in [2.24, 2.45) is 0 Å². The van der Waals surface area contributed by atoms with Gasteiger partial charge in [0.1, 0.15) is 0 Å². The number of nitrogens with zero attached hydrogens (tertiary/aromatic N) is 5. The van der Waals surface area contributed by atoms with Gasteiger partial charge in [0.2, 0.25) is 11.8 Å². The number of anilines is 6. The summed E-state index contributed by atoms with van der Waals surface area (Å²) >= 11 is 0. The maximum Gasteiger partial charge on any atom is 0.264 e. The van der Waals surface area contributed by atoms with Crippen LogP contribution in [0.5, 0.6) is 0 Å². The molecule has 0 saturated carbocycles. The summed E-state index contributed by atoms with van der Waals surface area (Å²) in [7, 11) is -6.49. The molecule has 23 nitrogen and oxygen atoms in total. The lowest BCUT2D eigenvalue weighted by Crippen LogP contribution is -2.29. The van der Waals surface area contributed by atoms with Gasteiger partial charge in [0.05, 0.1) is 34.4 Å². The summed E-state index contributed by atoms with van der Waals surface area (Å²) in [6, 6.07) is 27.9. The molecule has 0 fully saturated rings. The van der Waals surface area contributed by atoms with Crippen molar-refractivity contribution in [1.82, 2.24) is 15.0 Å². The molecule has 0 unspecified atom stereocenters. The van der Waals surface area contributed by atoms with Crippen LogP contribution in [0.25, 0.3) is 46.9 Å². The van der Waals surface area contributed by atoms with E-state index in [-0.39, 0.29) is 73.0 Å². The van der Waals surface area contributed by atoms with Crippen molar-refractivity contribution in [3.05, 3.63) is 210 Å². The molecule has 3 aromatic heterocycles. The van der Waals surface area contributed by atoms with Crippen molar-refractivity contribution in [3.8, 4) is 0 Å². The van der Waals surface area contributed by atoms with Crippen LogP contribution in [-0.2, 0) is 57.9 Å². The van der Waals surface area contributed by atoms with Gasteiger partial charge in [0.15, 0.2) is 17.1 Å². The molecule has 9 aromatic rings. The van der Waals surface area contributed by atoms with Crippen LogP contribution >= 0.6 is 10.7 Å². The van der Waals surface area contributed by atoms with E-state index in [0.717, 1.165) is 35.5 Å². The first kappa shape index (κ1) is 59.3. The molecule has 0 atom stereocenters. The summed E-state index contributed by atoms with van der Waals surface area (Å²) < 4.78 is 78.6. The zero-order valence-electron chi connectivity index (χ0n) is 44.8. The van der Waals surface area contributed by atoms with Crippen molar-refractivity contribution in [3.63, 3.8) is 0 Å². The zero-order chi connectivity index (χ0) is 61.1. The Bertz CT molecular complexity index is 4950. The fraction of sp³-hybridized carbons (Fsp3) is 0.138. The van der Waals surface area contributed by atoms with E-state index in [1.807, 2.05) is 6.07 Å². The second kappa shape index (κ2) is 23.9. The molecule has 0 spiro atoms. The summed E-state index contributed by atoms with van der Waals surface area (Å²) in [5.74, 6) is -0.407. The molecule has 0 aliphatic carbocycles. The van der Waals surface area contributed by atoms with Gasteiger partial charge in [-0.3, -0.25) is 32.6 Å². The highest BCUT2D eigenvalue weighted by atomic mass is 35.7. The number of fused-ring (bicyclic) bond motifs is 6. The number of aromatic amines is 3. The van der Waals surface area contributed by atoms with Crippen molar-refractivity contribution in [2.75, 3.05) is 49.9 Å². The third kappa shape index (κ3) is 12.0. The molecule has 3 aliphatic rings. The van der Waals surface area contributed by atoms with Gasteiger partial charge in [0.25, 0.3) is 45.8 Å². The number of aromatic nitrogens is 3. The Morgan fingerprint density at radius 2 is 0.929 bits per heavy atom. The summed E-state index contributed by atoms with van der Waals surface area (Å²) in [6.07, 6.45) is 5.99. The molecule has 6 aromatic carbocycles. The van der Waals surface area contributed by atoms with E-state index in [1.54, 1.807) is 60.7 Å². The van der Waals surface area contributed by atoms with Crippen LogP contribution in [0.4, 0.5) is 51.2 Å². The molecular formula is C58H47ClN12O11S3. The Morgan fingerprint density at radius 3 is 1.38 bits per heavy atom. The molecular weight excluding hydrogens is 1170 g/mol. The largest absolute Gasteiger partial charge is 0.399 e. The highest BCUT2D eigenvalue weighted by Gasteiger charge is 2.35. The molecule has 12 rings (SSSR count). The number of nitrogen functional groups attached to an aromatic ring is 1. The number of carbonyl (C=O) groups is 2. The van der Waals surface area contributed by atoms with Crippen LogP contribution in [0.1, 0.15) is 30.5 Å². The smallest absolute Gasteiger partial charge is 0.264 e. The number of H-pyrrole nitrogens is 3. The van der Waals surface area contributed by atoms with E-state index in [9.17, 15) is 49.2 Å². The van der Waals surface area contributed by atoms with Gasteiger partial charge in [-0.15, -0.1) is 0 Å². The minimum atomic E-state index is -4.00. The molecule has 3 aliphatic heterocycles. The monoisotopic (exact) mass is 1220 g/mol. The predicted octanol–water partition coefficient (Wildman–Crippen LogP) is 8.82. The van der Waals surface area contributed by atoms with Crippen molar-refractivity contribution < 1.29 is 34.8 Å². The number of hydrogen-bond acceptors (Lipinski definition) is 13. The average Bonchev–Trinajstić information content (AvgIpc) is 3.23. The van der Waals surface area contributed by atoms with Gasteiger partial charge in [-0.05, 0) is 127 Å². The standard InChI is InChI=1S/C20H16N4O4S.C18H14N4O3S.C11H11N3O.C9H6ClNO3S/c1-12(25)23-17-10-13(21-2)11-18-16(17)7-9-24(18)29(27,28)19-5-3-4-15-14(19)6-8-22-20(15)26;1-20-11-9-15(19)14-6-8-22(16(14)10-11)26(24,25)17-4-2-3-13-12(17)5-7-21-18(13)23;1-7(15)14-11-6-8(12-2)5-10-9(11)3-4-13-10;10-15(13,14)8-3-1-2-7-6(8)4-5-11-9(7)12/h3-6,8,10-11H,7,9H2,1H3,(H,22,26)(H,23,25);2-5,7,9-10H,6,8,19H2,(H,21,23);5-6,13H,3-4H2,1H3,(H,14,15);1-5H,(H,11,12). The maximum atomic E-state index is 13.5. The number of halogens is 1. The lowest BCUT2D eigenvalue weighted by atomic mass is 10.1. The first-order chi connectivity index (χ1) is 40.5. The van der Waals surface area contributed by atoms with E-state index in [0.29, 0.717) is 73.8 Å². The second-order valence-electron chi connectivity index (χ2n) is 19.1. The quantitative estimate of drug-likeness (QED) is 0.0446. The van der Waals surface area contributed by atoms with Crippen LogP contribution in [0.15, 0.2) is 157 Å². The number of pyridine rings is 3. The summed E-state index contributed by atoms with van der Waals surface area (Å²) in [5, 5.41) is 10.5. The fourth-order valence-electron chi connectivity index (χ4n) is 10.1. The maximum absolute atomic E-state index is 13.5. The average molecular weight is 1220 g/mol. The van der Waals surface area contributed by atoms with Crippen molar-refractivity contribution in [1.29, 1.82) is 0 Å². The van der Waals surface area contributed by atoms with Gasteiger partial charge < -0.3 is 36.6 Å². The predicted molar refractivity (Wildman–Crippen MR) is 327 cm³/mol. The topological polar surface area (TPSA) is 317 Å². The normalized spacial score (nSPS) is 12.9. The van der Waals surface area contributed by atoms with E-state index in [2.05, 4.69) is 45.4 Å². The Labute approximate surface area is 489 Å². The van der Waals surface area contributed by atoms with E-state index in [1.165, 1.54) is 83.5 Å². The lowest BCUT2D eigenvalue weighted by Gasteiger charge is -2.21. The number of nitrogens with one attached hydrogen (secondary N) is 6. The Hall–Kier alpha value is -10.3. The number of sulfonamides is 2. The van der Waals surface area contributed by atoms with Crippen molar-refractivity contribution >= 4 is 135 Å². The Balaban J connectivity index is 0.000000141. The first-order valence-corrected chi connectivity index (χ1v) is 30.6. The highest BCUT2D eigenvalue weighted by Crippen LogP contribution is 2.43. The van der Waals surface area contributed by atoms with Gasteiger partial charge in [-0.1, -0.05) is 18.2 Å². The SMILES string of the molecule is O=c1[nH]ccc2c(S(=O)(=O)Cl)cccc12.[C-]#[N+]c1cc(N)c2c(c1)N(S(=O)(=O)c1cccc3c(=O)[nH]ccc13)CC2.[C-]#[N+]c1cc(NC(C)=O)c2c(c1)N(S(=O)(=O)c1cccc3c(=O)[nH]ccc13)CC2.[C-]#[N+]c1cc2c(c(NC(C)=O)c1)CCN2.